The molecule has 27 heavy (non-hydrogen) atoms. The molecule has 1 saturated carbocycles. The van der Waals surface area contributed by atoms with E-state index in [1.807, 2.05) is 0 Å². The van der Waals surface area contributed by atoms with E-state index < -0.39 is 11.9 Å². The fourth-order valence-electron chi connectivity index (χ4n) is 3.85. The van der Waals surface area contributed by atoms with E-state index in [2.05, 4.69) is 5.32 Å². The number of aliphatic hydroxyl groups is 1. The number of rotatable bonds is 6. The number of hydrogen-bond donors (Lipinski definition) is 2. The lowest BCUT2D eigenvalue weighted by Gasteiger charge is -2.38. The van der Waals surface area contributed by atoms with E-state index in [9.17, 15) is 19.1 Å². The fourth-order valence-corrected chi connectivity index (χ4v) is 3.85. The highest BCUT2D eigenvalue weighted by Gasteiger charge is 2.36. The Balaban J connectivity index is 1.70. The summed E-state index contributed by atoms with van der Waals surface area (Å²) in [5.41, 5.74) is 0.640. The molecular formula is C20H27FN2O4. The van der Waals surface area contributed by atoms with Crippen LogP contribution < -0.4 is 10.1 Å². The minimum atomic E-state index is -0.489. The van der Waals surface area contributed by atoms with Crippen molar-refractivity contribution in [2.24, 2.45) is 5.92 Å². The average Bonchev–Trinajstić information content (AvgIpc) is 2.82. The van der Waals surface area contributed by atoms with Gasteiger partial charge in [-0.2, -0.15) is 0 Å². The zero-order chi connectivity index (χ0) is 19.4. The van der Waals surface area contributed by atoms with Gasteiger partial charge in [0.15, 0.2) is 11.6 Å². The summed E-state index contributed by atoms with van der Waals surface area (Å²) in [6.45, 7) is 0.611. The first kappa shape index (κ1) is 19.6. The van der Waals surface area contributed by atoms with Gasteiger partial charge in [0, 0.05) is 13.0 Å². The Morgan fingerprint density at radius 1 is 1.37 bits per heavy atom. The molecule has 2 aliphatic rings. The third kappa shape index (κ3) is 4.77. The molecule has 7 heteroatoms. The number of aliphatic hydroxyl groups excluding tert-OH is 1. The normalized spacial score (nSPS) is 24.0. The van der Waals surface area contributed by atoms with E-state index in [4.69, 9.17) is 4.74 Å². The van der Waals surface area contributed by atoms with E-state index in [1.165, 1.54) is 19.2 Å². The van der Waals surface area contributed by atoms with Gasteiger partial charge in [-0.25, -0.2) is 4.39 Å². The number of nitrogens with zero attached hydrogens (tertiary/aromatic N) is 1. The maximum atomic E-state index is 14.1. The number of carbonyl (C=O) groups is 2. The predicted octanol–water partition coefficient (Wildman–Crippen LogP) is 2.17. The standard InChI is InChI=1S/C20H27FN2O4/c1-27-17-7-6-13(11-16(17)21)20(14-9-15(24)10-14)22-18(25)12-23-8-4-2-3-5-19(23)26/h6-7,11,14-15,20,24H,2-5,8-10,12H2,1H3,(H,22,25)/t14?,15?,20-/m0/s1. The highest BCUT2D eigenvalue weighted by Crippen LogP contribution is 2.39. The molecule has 1 aliphatic heterocycles. The molecule has 0 unspecified atom stereocenters. The SMILES string of the molecule is COc1ccc([C@H](NC(=O)CN2CCCCCC2=O)C2CC(O)C2)cc1F. The van der Waals surface area contributed by atoms with E-state index in [0.29, 0.717) is 31.4 Å². The number of benzene rings is 1. The van der Waals surface area contributed by atoms with Gasteiger partial charge in [-0.1, -0.05) is 12.5 Å². The molecule has 1 aromatic rings. The Bertz CT molecular complexity index is 691. The minimum Gasteiger partial charge on any atom is -0.494 e. The fraction of sp³-hybridized carbons (Fsp3) is 0.600. The number of likely N-dealkylation sites (tertiary alicyclic amines) is 1. The number of hydrogen-bond acceptors (Lipinski definition) is 4. The second-order valence-electron chi connectivity index (χ2n) is 7.45. The van der Waals surface area contributed by atoms with Crippen LogP contribution in [0.15, 0.2) is 18.2 Å². The Morgan fingerprint density at radius 2 is 2.15 bits per heavy atom. The monoisotopic (exact) mass is 378 g/mol. The largest absolute Gasteiger partial charge is 0.494 e. The van der Waals surface area contributed by atoms with Gasteiger partial charge >= 0.3 is 0 Å². The number of carbonyl (C=O) groups excluding carboxylic acids is 2. The third-order valence-corrected chi connectivity index (χ3v) is 5.48. The van der Waals surface area contributed by atoms with Crippen LogP contribution in [0.25, 0.3) is 0 Å². The predicted molar refractivity (Wildman–Crippen MR) is 97.6 cm³/mol. The van der Waals surface area contributed by atoms with Crippen molar-refractivity contribution in [2.45, 2.75) is 50.7 Å². The molecule has 3 rings (SSSR count). The number of halogens is 1. The summed E-state index contributed by atoms with van der Waals surface area (Å²) < 4.78 is 19.1. The van der Waals surface area contributed by atoms with Gasteiger partial charge < -0.3 is 20.1 Å². The lowest BCUT2D eigenvalue weighted by molar-refractivity contribution is -0.136. The molecule has 2 amide bonds. The van der Waals surface area contributed by atoms with Crippen LogP contribution in [-0.4, -0.2) is 48.1 Å². The van der Waals surface area contributed by atoms with E-state index in [1.54, 1.807) is 11.0 Å². The second kappa shape index (κ2) is 8.69. The van der Waals surface area contributed by atoms with Gasteiger partial charge in [-0.15, -0.1) is 0 Å². The topological polar surface area (TPSA) is 78.9 Å². The van der Waals surface area contributed by atoms with Crippen molar-refractivity contribution in [3.05, 3.63) is 29.6 Å². The molecule has 0 aromatic heterocycles. The van der Waals surface area contributed by atoms with E-state index in [0.717, 1.165) is 19.3 Å². The molecule has 1 aromatic carbocycles. The zero-order valence-corrected chi connectivity index (χ0v) is 15.6. The molecule has 148 valence electrons. The third-order valence-electron chi connectivity index (χ3n) is 5.48. The summed E-state index contributed by atoms with van der Waals surface area (Å²) in [6.07, 6.45) is 3.98. The van der Waals surface area contributed by atoms with Crippen molar-refractivity contribution in [1.82, 2.24) is 10.2 Å². The van der Waals surface area contributed by atoms with Crippen molar-refractivity contribution in [3.63, 3.8) is 0 Å². The maximum Gasteiger partial charge on any atom is 0.240 e. The molecule has 1 heterocycles. The molecule has 1 saturated heterocycles. The van der Waals surface area contributed by atoms with Crippen LogP contribution in [0.1, 0.15) is 50.1 Å². The van der Waals surface area contributed by atoms with Crippen LogP contribution >= 0.6 is 0 Å². The van der Waals surface area contributed by atoms with Crippen LogP contribution in [0.2, 0.25) is 0 Å². The number of amides is 2. The summed E-state index contributed by atoms with van der Waals surface area (Å²) >= 11 is 0. The summed E-state index contributed by atoms with van der Waals surface area (Å²) in [6, 6.07) is 4.24. The van der Waals surface area contributed by atoms with Crippen LogP contribution in [-0.2, 0) is 9.59 Å². The zero-order valence-electron chi connectivity index (χ0n) is 15.6. The Labute approximate surface area is 158 Å². The molecule has 1 aliphatic carbocycles. The van der Waals surface area contributed by atoms with Gasteiger partial charge in [-0.05, 0) is 49.3 Å². The quantitative estimate of drug-likeness (QED) is 0.795. The average molecular weight is 378 g/mol. The van der Waals surface area contributed by atoms with Gasteiger partial charge in [0.05, 0.1) is 25.8 Å². The van der Waals surface area contributed by atoms with Gasteiger partial charge in [-0.3, -0.25) is 9.59 Å². The van der Waals surface area contributed by atoms with Crippen LogP contribution in [0.4, 0.5) is 4.39 Å². The summed E-state index contributed by atoms with van der Waals surface area (Å²) in [4.78, 5) is 26.3. The van der Waals surface area contributed by atoms with Crippen LogP contribution in [0, 0.1) is 11.7 Å². The Hall–Kier alpha value is -2.15. The lowest BCUT2D eigenvalue weighted by atomic mass is 9.75. The van der Waals surface area contributed by atoms with Gasteiger partial charge in [0.25, 0.3) is 0 Å². The summed E-state index contributed by atoms with van der Waals surface area (Å²) in [5, 5.41) is 12.6. The first-order valence-corrected chi connectivity index (χ1v) is 9.56. The molecular weight excluding hydrogens is 351 g/mol. The van der Waals surface area contributed by atoms with Crippen molar-refractivity contribution in [2.75, 3.05) is 20.2 Å². The number of methoxy groups -OCH3 is 1. The van der Waals surface area contributed by atoms with E-state index in [-0.39, 0.29) is 36.1 Å². The maximum absolute atomic E-state index is 14.1. The molecule has 0 radical (unpaired) electrons. The molecule has 0 bridgehead atoms. The van der Waals surface area contributed by atoms with E-state index >= 15 is 0 Å². The van der Waals surface area contributed by atoms with Crippen molar-refractivity contribution < 1.29 is 23.8 Å². The first-order chi connectivity index (χ1) is 13.0. The van der Waals surface area contributed by atoms with Gasteiger partial charge in [0.2, 0.25) is 11.8 Å². The molecule has 1 atom stereocenters. The number of nitrogens with one attached hydrogen (secondary N) is 1. The number of ether oxygens (including phenoxy) is 1. The molecule has 2 fully saturated rings. The second-order valence-corrected chi connectivity index (χ2v) is 7.45. The lowest BCUT2D eigenvalue weighted by Crippen LogP contribution is -2.46. The summed E-state index contributed by atoms with van der Waals surface area (Å²) in [5.74, 6) is -0.553. The van der Waals surface area contributed by atoms with Crippen LogP contribution in [0.5, 0.6) is 5.75 Å². The molecule has 6 nitrogen and oxygen atoms in total. The van der Waals surface area contributed by atoms with Crippen LogP contribution in [0.3, 0.4) is 0 Å². The minimum absolute atomic E-state index is 0.00811. The Kier molecular flexibility index (Phi) is 6.31. The highest BCUT2D eigenvalue weighted by molar-refractivity contribution is 5.85. The van der Waals surface area contributed by atoms with Crippen molar-refractivity contribution >= 4 is 11.8 Å². The van der Waals surface area contributed by atoms with Gasteiger partial charge in [0.1, 0.15) is 0 Å². The Morgan fingerprint density at radius 3 is 2.81 bits per heavy atom. The molecule has 0 spiro atoms. The summed E-state index contributed by atoms with van der Waals surface area (Å²) in [7, 11) is 1.40. The van der Waals surface area contributed by atoms with Crippen molar-refractivity contribution in [3.8, 4) is 5.75 Å². The molecule has 2 N–H and O–H groups in total. The first-order valence-electron chi connectivity index (χ1n) is 9.56. The smallest absolute Gasteiger partial charge is 0.240 e. The highest BCUT2D eigenvalue weighted by atomic mass is 19.1. The van der Waals surface area contributed by atoms with Crippen molar-refractivity contribution in [1.29, 1.82) is 0 Å².